The Hall–Kier alpha value is -1.99. The molecule has 0 spiro atoms. The van der Waals surface area contributed by atoms with E-state index in [2.05, 4.69) is 6.92 Å². The Balaban J connectivity index is 1.88. The quantitative estimate of drug-likeness (QED) is 0.660. The number of aliphatic hydroxyl groups is 3. The van der Waals surface area contributed by atoms with Gasteiger partial charge in [0.15, 0.2) is 0 Å². The first-order valence-electron chi connectivity index (χ1n) is 10.1. The summed E-state index contributed by atoms with van der Waals surface area (Å²) < 4.78 is 25.5. The van der Waals surface area contributed by atoms with E-state index in [1.165, 1.54) is 12.1 Å². The van der Waals surface area contributed by atoms with E-state index in [-0.39, 0.29) is 18.3 Å². The first-order valence-corrected chi connectivity index (χ1v) is 10.1. The molecule has 3 N–H and O–H groups in total. The lowest BCUT2D eigenvalue weighted by Crippen LogP contribution is -2.55. The summed E-state index contributed by atoms with van der Waals surface area (Å²) in [5.41, 5.74) is 2.67. The lowest BCUT2D eigenvalue weighted by Gasteiger charge is -2.41. The van der Waals surface area contributed by atoms with Gasteiger partial charge in [0.25, 0.3) is 0 Å². The average Bonchev–Trinajstić information content (AvgIpc) is 2.71. The van der Waals surface area contributed by atoms with Crippen molar-refractivity contribution in [2.45, 2.75) is 57.7 Å². The molecule has 0 aliphatic carbocycles. The molecule has 158 valence electrons. The molecule has 1 aliphatic heterocycles. The summed E-state index contributed by atoms with van der Waals surface area (Å²) in [6, 6.07) is 11.9. The predicted octanol–water partition coefficient (Wildman–Crippen LogP) is 3.29. The maximum atomic E-state index is 13.8. The van der Waals surface area contributed by atoms with E-state index in [1.807, 2.05) is 12.1 Å². The molecule has 0 bridgehead atoms. The summed E-state index contributed by atoms with van der Waals surface area (Å²) in [6.07, 6.45) is -1.60. The Kier molecular flexibility index (Phi) is 7.24. The summed E-state index contributed by atoms with van der Waals surface area (Å²) in [4.78, 5) is 0. The third kappa shape index (κ3) is 4.95. The van der Waals surface area contributed by atoms with Gasteiger partial charge in [0, 0.05) is 12.5 Å². The maximum absolute atomic E-state index is 13.8. The van der Waals surface area contributed by atoms with Crippen LogP contribution in [-0.4, -0.2) is 46.5 Å². The number of hydrogen-bond donors (Lipinski definition) is 3. The normalized spacial score (nSPS) is 27.0. The van der Waals surface area contributed by atoms with E-state index in [9.17, 15) is 19.7 Å². The maximum Gasteiger partial charge on any atom is 0.228 e. The van der Waals surface area contributed by atoms with Gasteiger partial charge >= 0.3 is 0 Å². The van der Waals surface area contributed by atoms with Crippen molar-refractivity contribution in [1.82, 2.24) is 0 Å². The molecule has 0 radical (unpaired) electrons. The molecule has 0 unspecified atom stereocenters. The van der Waals surface area contributed by atoms with Crippen molar-refractivity contribution in [3.05, 3.63) is 53.8 Å². The second kappa shape index (κ2) is 9.67. The zero-order chi connectivity index (χ0) is 21.0. The molecule has 0 aromatic heterocycles. The van der Waals surface area contributed by atoms with Gasteiger partial charge in [-0.25, -0.2) is 4.39 Å². The molecule has 6 heteroatoms. The SMILES string of the molecule is CCCc1ccc(O[C@H]2O[C@H](CCO)[C@H](C)[C@@H](O)[C@H]2O)cc1-c1cccc(F)c1. The summed E-state index contributed by atoms with van der Waals surface area (Å²) in [5.74, 6) is -0.185. The molecule has 2 aromatic rings. The van der Waals surface area contributed by atoms with Crippen LogP contribution in [0.25, 0.3) is 11.1 Å². The number of halogens is 1. The van der Waals surface area contributed by atoms with Gasteiger partial charge in [-0.1, -0.05) is 38.5 Å². The molecule has 5 nitrogen and oxygen atoms in total. The third-order valence-electron chi connectivity index (χ3n) is 5.46. The van der Waals surface area contributed by atoms with Gasteiger partial charge in [-0.2, -0.15) is 0 Å². The standard InChI is InChI=1S/C23H29FO5/c1-3-5-15-8-9-18(13-19(15)16-6-4-7-17(24)12-16)28-23-22(27)21(26)14(2)20(29-23)10-11-25/h4,6-9,12-14,20-23,25-27H,3,5,10-11H2,1-2H3/t14-,20+,21+,22+,23-/m0/s1. The van der Waals surface area contributed by atoms with Crippen molar-refractivity contribution in [3.8, 4) is 16.9 Å². The van der Waals surface area contributed by atoms with Crippen LogP contribution in [0.2, 0.25) is 0 Å². The largest absolute Gasteiger partial charge is 0.462 e. The first kappa shape index (κ1) is 21.7. The highest BCUT2D eigenvalue weighted by Crippen LogP contribution is 2.33. The van der Waals surface area contributed by atoms with Gasteiger partial charge in [-0.05, 0) is 53.8 Å². The van der Waals surface area contributed by atoms with Gasteiger partial charge in [-0.15, -0.1) is 0 Å². The molecular formula is C23H29FO5. The van der Waals surface area contributed by atoms with Gasteiger partial charge in [0.2, 0.25) is 6.29 Å². The number of benzene rings is 2. The van der Waals surface area contributed by atoms with Crippen LogP contribution in [0, 0.1) is 11.7 Å². The van der Waals surface area contributed by atoms with Gasteiger partial charge in [0.05, 0.1) is 12.2 Å². The van der Waals surface area contributed by atoms with E-state index >= 15 is 0 Å². The fourth-order valence-corrected chi connectivity index (χ4v) is 3.80. The number of aliphatic hydroxyl groups excluding tert-OH is 3. The van der Waals surface area contributed by atoms with Gasteiger partial charge < -0.3 is 24.8 Å². The highest BCUT2D eigenvalue weighted by atomic mass is 19.1. The van der Waals surface area contributed by atoms with Crippen LogP contribution in [-0.2, 0) is 11.2 Å². The topological polar surface area (TPSA) is 79.2 Å². The fraction of sp³-hybridized carbons (Fsp3) is 0.478. The van der Waals surface area contributed by atoms with Crippen molar-refractivity contribution in [3.63, 3.8) is 0 Å². The third-order valence-corrected chi connectivity index (χ3v) is 5.46. The molecule has 2 aromatic carbocycles. The van der Waals surface area contributed by atoms with E-state index in [0.29, 0.717) is 12.2 Å². The molecule has 5 atom stereocenters. The summed E-state index contributed by atoms with van der Waals surface area (Å²) in [7, 11) is 0. The second-order valence-electron chi connectivity index (χ2n) is 7.59. The molecule has 0 saturated carbocycles. The molecular weight excluding hydrogens is 375 g/mol. The Morgan fingerprint density at radius 2 is 1.90 bits per heavy atom. The van der Waals surface area contributed by atoms with Gasteiger partial charge in [-0.3, -0.25) is 0 Å². The number of hydrogen-bond acceptors (Lipinski definition) is 5. The Bertz CT molecular complexity index is 812. The van der Waals surface area contributed by atoms with E-state index in [4.69, 9.17) is 9.47 Å². The van der Waals surface area contributed by atoms with Crippen molar-refractivity contribution in [1.29, 1.82) is 0 Å². The van der Waals surface area contributed by atoms with Crippen LogP contribution in [0.4, 0.5) is 4.39 Å². The van der Waals surface area contributed by atoms with Crippen molar-refractivity contribution in [2.24, 2.45) is 5.92 Å². The lowest BCUT2D eigenvalue weighted by molar-refractivity contribution is -0.257. The summed E-state index contributed by atoms with van der Waals surface area (Å²) >= 11 is 0. The van der Waals surface area contributed by atoms with E-state index in [1.54, 1.807) is 25.1 Å². The minimum atomic E-state index is -1.21. The minimum absolute atomic E-state index is 0.0834. The Morgan fingerprint density at radius 3 is 2.59 bits per heavy atom. The number of ether oxygens (including phenoxy) is 2. The molecule has 3 rings (SSSR count). The number of aryl methyl sites for hydroxylation is 1. The van der Waals surface area contributed by atoms with Crippen molar-refractivity contribution < 1.29 is 29.2 Å². The van der Waals surface area contributed by atoms with Crippen molar-refractivity contribution in [2.75, 3.05) is 6.61 Å². The van der Waals surface area contributed by atoms with Crippen LogP contribution >= 0.6 is 0 Å². The molecule has 29 heavy (non-hydrogen) atoms. The second-order valence-corrected chi connectivity index (χ2v) is 7.59. The molecule has 1 saturated heterocycles. The van der Waals surface area contributed by atoms with E-state index < -0.39 is 24.6 Å². The van der Waals surface area contributed by atoms with Crippen LogP contribution in [0.3, 0.4) is 0 Å². The number of rotatable bonds is 7. The van der Waals surface area contributed by atoms with Crippen LogP contribution in [0.1, 0.15) is 32.3 Å². The molecule has 1 fully saturated rings. The van der Waals surface area contributed by atoms with Crippen LogP contribution in [0.5, 0.6) is 5.75 Å². The summed E-state index contributed by atoms with van der Waals surface area (Å²) in [5, 5.41) is 30.0. The summed E-state index contributed by atoms with van der Waals surface area (Å²) in [6.45, 7) is 3.77. The smallest absolute Gasteiger partial charge is 0.228 e. The van der Waals surface area contributed by atoms with Crippen molar-refractivity contribution >= 4 is 0 Å². The molecule has 1 aliphatic rings. The fourth-order valence-electron chi connectivity index (χ4n) is 3.80. The van der Waals surface area contributed by atoms with Gasteiger partial charge in [0.1, 0.15) is 17.7 Å². The monoisotopic (exact) mass is 404 g/mol. The minimum Gasteiger partial charge on any atom is -0.462 e. The Morgan fingerprint density at radius 1 is 1.10 bits per heavy atom. The Labute approximate surface area is 170 Å². The molecule has 1 heterocycles. The van der Waals surface area contributed by atoms with Crippen LogP contribution in [0.15, 0.2) is 42.5 Å². The molecule has 0 amide bonds. The highest BCUT2D eigenvalue weighted by Gasteiger charge is 2.43. The first-order chi connectivity index (χ1) is 13.9. The lowest BCUT2D eigenvalue weighted by atomic mass is 9.89. The zero-order valence-electron chi connectivity index (χ0n) is 16.8. The highest BCUT2D eigenvalue weighted by molar-refractivity contribution is 5.69. The zero-order valence-corrected chi connectivity index (χ0v) is 16.8. The predicted molar refractivity (Wildman–Crippen MR) is 108 cm³/mol. The van der Waals surface area contributed by atoms with E-state index in [0.717, 1.165) is 29.5 Å². The van der Waals surface area contributed by atoms with Crippen LogP contribution < -0.4 is 4.74 Å². The average molecular weight is 404 g/mol.